The molecule has 3 heteroatoms. The van der Waals surface area contributed by atoms with Crippen LogP contribution in [-0.2, 0) is 0 Å². The van der Waals surface area contributed by atoms with Crippen molar-refractivity contribution in [1.82, 2.24) is 10.2 Å². The fourth-order valence-electron chi connectivity index (χ4n) is 3.93. The van der Waals surface area contributed by atoms with Crippen molar-refractivity contribution in [3.8, 4) is 0 Å². The monoisotopic (exact) mass is 336 g/mol. The number of nitrogens with zero attached hydrogens (tertiary/aromatic N) is 1. The van der Waals surface area contributed by atoms with E-state index in [-0.39, 0.29) is 0 Å². The first-order valence-electron chi connectivity index (χ1n) is 7.89. The molecule has 0 saturated carbocycles. The molecule has 2 unspecified atom stereocenters. The molecule has 20 heavy (non-hydrogen) atoms. The maximum absolute atomic E-state index is 3.62. The summed E-state index contributed by atoms with van der Waals surface area (Å²) in [5.74, 6) is 0. The quantitative estimate of drug-likeness (QED) is 0.878. The van der Waals surface area contributed by atoms with Crippen LogP contribution in [0.3, 0.4) is 0 Å². The van der Waals surface area contributed by atoms with Gasteiger partial charge in [0.2, 0.25) is 0 Å². The van der Waals surface area contributed by atoms with Crippen LogP contribution in [0.2, 0.25) is 0 Å². The van der Waals surface area contributed by atoms with Gasteiger partial charge in [-0.3, -0.25) is 4.90 Å². The molecule has 2 saturated heterocycles. The predicted octanol–water partition coefficient (Wildman–Crippen LogP) is 3.98. The smallest absolute Gasteiger partial charge is 0.0320 e. The molecule has 110 valence electrons. The van der Waals surface area contributed by atoms with Crippen LogP contribution in [0.5, 0.6) is 0 Å². The summed E-state index contributed by atoms with van der Waals surface area (Å²) in [6, 6.07) is 9.31. The molecule has 0 aromatic heterocycles. The Morgan fingerprint density at radius 2 is 2.15 bits per heavy atom. The van der Waals surface area contributed by atoms with Gasteiger partial charge in [-0.2, -0.15) is 0 Å². The zero-order valence-electron chi connectivity index (χ0n) is 12.4. The molecule has 2 atom stereocenters. The van der Waals surface area contributed by atoms with E-state index in [1.54, 1.807) is 0 Å². The van der Waals surface area contributed by atoms with Crippen LogP contribution in [0.25, 0.3) is 0 Å². The number of hydrogen-bond acceptors (Lipinski definition) is 2. The highest BCUT2D eigenvalue weighted by Gasteiger charge is 2.37. The van der Waals surface area contributed by atoms with Crippen molar-refractivity contribution < 1.29 is 0 Å². The summed E-state index contributed by atoms with van der Waals surface area (Å²) in [5.41, 5.74) is 1.97. The average Bonchev–Trinajstić information content (AvgIpc) is 2.47. The first kappa shape index (κ1) is 14.6. The number of likely N-dealkylation sites (tertiary alicyclic amines) is 1. The second-order valence-corrected chi connectivity index (χ2v) is 7.50. The second kappa shape index (κ2) is 6.17. The molecule has 1 N–H and O–H groups in total. The predicted molar refractivity (Wildman–Crippen MR) is 87.9 cm³/mol. The molecular formula is C17H25BrN2. The van der Waals surface area contributed by atoms with Gasteiger partial charge in [-0.15, -0.1) is 0 Å². The fourth-order valence-corrected chi connectivity index (χ4v) is 4.35. The van der Waals surface area contributed by atoms with Gasteiger partial charge in [0.1, 0.15) is 0 Å². The van der Waals surface area contributed by atoms with E-state index in [1.807, 2.05) is 0 Å². The summed E-state index contributed by atoms with van der Waals surface area (Å²) < 4.78 is 1.19. The Labute approximate surface area is 131 Å². The normalized spacial score (nSPS) is 29.5. The Balaban J connectivity index is 1.73. The van der Waals surface area contributed by atoms with Crippen LogP contribution in [0.15, 0.2) is 28.7 Å². The Morgan fingerprint density at radius 1 is 1.30 bits per heavy atom. The van der Waals surface area contributed by atoms with E-state index in [0.29, 0.717) is 11.5 Å². The summed E-state index contributed by atoms with van der Waals surface area (Å²) in [5, 5.41) is 3.62. The minimum atomic E-state index is 0.520. The molecule has 0 amide bonds. The summed E-state index contributed by atoms with van der Waals surface area (Å²) in [6.45, 7) is 7.29. The summed E-state index contributed by atoms with van der Waals surface area (Å²) in [4.78, 5) is 2.69. The minimum Gasteiger partial charge on any atom is -0.316 e. The Bertz CT molecular complexity index is 449. The van der Waals surface area contributed by atoms with E-state index in [4.69, 9.17) is 0 Å². The van der Waals surface area contributed by atoms with Crippen molar-refractivity contribution in [1.29, 1.82) is 0 Å². The van der Waals surface area contributed by atoms with Crippen molar-refractivity contribution in [2.24, 2.45) is 5.41 Å². The average molecular weight is 337 g/mol. The molecule has 2 aliphatic rings. The molecule has 1 aromatic carbocycles. The van der Waals surface area contributed by atoms with Crippen molar-refractivity contribution in [2.45, 2.75) is 38.6 Å². The summed E-state index contributed by atoms with van der Waals surface area (Å²) in [6.07, 6.45) is 5.50. The van der Waals surface area contributed by atoms with Gasteiger partial charge in [0.15, 0.2) is 0 Å². The molecule has 1 aromatic rings. The molecule has 0 bridgehead atoms. The number of hydrogen-bond donors (Lipinski definition) is 1. The van der Waals surface area contributed by atoms with E-state index in [9.17, 15) is 0 Å². The maximum Gasteiger partial charge on any atom is 0.0320 e. The maximum atomic E-state index is 3.62. The lowest BCUT2D eigenvalue weighted by Crippen LogP contribution is -2.51. The Kier molecular flexibility index (Phi) is 4.49. The largest absolute Gasteiger partial charge is 0.316 e. The van der Waals surface area contributed by atoms with Gasteiger partial charge >= 0.3 is 0 Å². The second-order valence-electron chi connectivity index (χ2n) is 6.59. The molecule has 0 aliphatic carbocycles. The van der Waals surface area contributed by atoms with Crippen LogP contribution in [-0.4, -0.2) is 31.1 Å². The lowest BCUT2D eigenvalue weighted by atomic mass is 9.74. The van der Waals surface area contributed by atoms with Gasteiger partial charge in [0.05, 0.1) is 0 Å². The van der Waals surface area contributed by atoms with Crippen LogP contribution in [0.4, 0.5) is 0 Å². The first-order valence-corrected chi connectivity index (χ1v) is 8.68. The van der Waals surface area contributed by atoms with Crippen molar-refractivity contribution in [3.05, 3.63) is 34.3 Å². The third kappa shape index (κ3) is 3.10. The molecule has 2 aliphatic heterocycles. The van der Waals surface area contributed by atoms with Crippen LogP contribution in [0.1, 0.15) is 44.2 Å². The third-order valence-electron chi connectivity index (χ3n) is 5.13. The topological polar surface area (TPSA) is 15.3 Å². The standard InChI is InChI=1S/C17H25BrN2/c1-14(15-5-2-6-16(18)11-15)20-10-4-8-17(13-20)7-3-9-19-12-17/h2,5-6,11,14,19H,3-4,7-10,12-13H2,1H3. The Morgan fingerprint density at radius 3 is 2.90 bits per heavy atom. The number of halogens is 1. The number of rotatable bonds is 2. The molecule has 2 fully saturated rings. The van der Waals surface area contributed by atoms with Crippen molar-refractivity contribution in [2.75, 3.05) is 26.2 Å². The van der Waals surface area contributed by atoms with E-state index in [2.05, 4.69) is 57.3 Å². The molecule has 1 spiro atoms. The SMILES string of the molecule is CC(c1cccc(Br)c1)N1CCCC2(CCCNC2)C1. The van der Waals surface area contributed by atoms with Gasteiger partial charge in [-0.25, -0.2) is 0 Å². The van der Waals surface area contributed by atoms with Gasteiger partial charge in [0, 0.05) is 23.6 Å². The molecule has 2 nitrogen and oxygen atoms in total. The number of benzene rings is 1. The van der Waals surface area contributed by atoms with E-state index in [1.165, 1.54) is 61.9 Å². The van der Waals surface area contributed by atoms with Gasteiger partial charge < -0.3 is 5.32 Å². The fraction of sp³-hybridized carbons (Fsp3) is 0.647. The highest BCUT2D eigenvalue weighted by atomic mass is 79.9. The van der Waals surface area contributed by atoms with Gasteiger partial charge in [-0.05, 0) is 68.8 Å². The lowest BCUT2D eigenvalue weighted by Gasteiger charge is -2.47. The highest BCUT2D eigenvalue weighted by molar-refractivity contribution is 9.10. The minimum absolute atomic E-state index is 0.520. The van der Waals surface area contributed by atoms with Crippen LogP contribution >= 0.6 is 15.9 Å². The number of piperidine rings is 2. The first-order chi connectivity index (χ1) is 9.69. The zero-order valence-corrected chi connectivity index (χ0v) is 14.0. The molecule has 2 heterocycles. The van der Waals surface area contributed by atoms with Crippen LogP contribution < -0.4 is 5.32 Å². The van der Waals surface area contributed by atoms with E-state index >= 15 is 0 Å². The van der Waals surface area contributed by atoms with Crippen molar-refractivity contribution in [3.63, 3.8) is 0 Å². The van der Waals surface area contributed by atoms with Crippen LogP contribution in [0, 0.1) is 5.41 Å². The van der Waals surface area contributed by atoms with Crippen molar-refractivity contribution >= 4 is 15.9 Å². The molecule has 3 rings (SSSR count). The van der Waals surface area contributed by atoms with E-state index in [0.717, 1.165) is 0 Å². The summed E-state index contributed by atoms with van der Waals surface area (Å²) in [7, 11) is 0. The number of nitrogens with one attached hydrogen (secondary N) is 1. The highest BCUT2D eigenvalue weighted by Crippen LogP contribution is 2.38. The zero-order chi connectivity index (χ0) is 14.0. The molecule has 0 radical (unpaired) electrons. The Hall–Kier alpha value is -0.380. The summed E-state index contributed by atoms with van der Waals surface area (Å²) >= 11 is 3.60. The van der Waals surface area contributed by atoms with E-state index < -0.39 is 0 Å². The molecular weight excluding hydrogens is 312 g/mol. The lowest BCUT2D eigenvalue weighted by molar-refractivity contribution is 0.0415. The third-order valence-corrected chi connectivity index (χ3v) is 5.62. The van der Waals surface area contributed by atoms with Gasteiger partial charge in [-0.1, -0.05) is 28.1 Å². The van der Waals surface area contributed by atoms with Gasteiger partial charge in [0.25, 0.3) is 0 Å².